The molecule has 6 heteroatoms. The Kier molecular flexibility index (Phi) is 12.7. The quantitative estimate of drug-likeness (QED) is 0.206. The SMILES string of the molecule is C=CC(=O)OCCP(=O)(OCCCCC)OCCCCC. The predicted octanol–water partition coefficient (Wildman–Crippen LogP) is 4.32. The van der Waals surface area contributed by atoms with Gasteiger partial charge in [0.2, 0.25) is 0 Å². The summed E-state index contributed by atoms with van der Waals surface area (Å²) in [6.07, 6.45) is 7.07. The summed E-state index contributed by atoms with van der Waals surface area (Å²) in [5, 5.41) is 0. The minimum atomic E-state index is -3.18. The Bertz CT molecular complexity index is 314. The van der Waals surface area contributed by atoms with E-state index in [1.54, 1.807) is 0 Å². The van der Waals surface area contributed by atoms with Crippen LogP contribution in [0.4, 0.5) is 0 Å². The first kappa shape index (κ1) is 20.4. The molecule has 0 radical (unpaired) electrons. The second-order valence-electron chi connectivity index (χ2n) is 4.79. The Morgan fingerprint density at radius 3 is 1.95 bits per heavy atom. The first-order valence-electron chi connectivity index (χ1n) is 7.75. The molecule has 0 amide bonds. The first-order chi connectivity index (χ1) is 10.1. The van der Waals surface area contributed by atoms with Crippen molar-refractivity contribution in [3.8, 4) is 0 Å². The summed E-state index contributed by atoms with van der Waals surface area (Å²) in [6, 6.07) is 0. The third-order valence-corrected chi connectivity index (χ3v) is 4.73. The van der Waals surface area contributed by atoms with E-state index in [2.05, 4.69) is 20.4 Å². The van der Waals surface area contributed by atoms with Crippen LogP contribution in [0.15, 0.2) is 12.7 Å². The monoisotopic (exact) mass is 320 g/mol. The largest absolute Gasteiger partial charge is 0.462 e. The summed E-state index contributed by atoms with van der Waals surface area (Å²) in [6.45, 7) is 8.33. The van der Waals surface area contributed by atoms with Crippen LogP contribution in [0.2, 0.25) is 0 Å². The van der Waals surface area contributed by atoms with Crippen molar-refractivity contribution < 1.29 is 23.1 Å². The minimum absolute atomic E-state index is 0.0175. The summed E-state index contributed by atoms with van der Waals surface area (Å²) in [5.41, 5.74) is 0. The number of ether oxygens (including phenoxy) is 1. The summed E-state index contributed by atoms with van der Waals surface area (Å²) < 4.78 is 28.3. The van der Waals surface area contributed by atoms with Crippen molar-refractivity contribution >= 4 is 13.6 Å². The van der Waals surface area contributed by atoms with Crippen LogP contribution in [0.25, 0.3) is 0 Å². The van der Waals surface area contributed by atoms with Crippen molar-refractivity contribution in [3.05, 3.63) is 12.7 Å². The number of unbranched alkanes of at least 4 members (excludes halogenated alkanes) is 4. The molecular weight excluding hydrogens is 291 g/mol. The van der Waals surface area contributed by atoms with Crippen molar-refractivity contribution in [2.45, 2.75) is 52.4 Å². The van der Waals surface area contributed by atoms with Gasteiger partial charge in [0.15, 0.2) is 0 Å². The van der Waals surface area contributed by atoms with Gasteiger partial charge in [0.05, 0.1) is 19.4 Å². The minimum Gasteiger partial charge on any atom is -0.462 e. The van der Waals surface area contributed by atoms with E-state index in [1.807, 2.05) is 0 Å². The van der Waals surface area contributed by atoms with Crippen LogP contribution in [-0.4, -0.2) is 32.0 Å². The van der Waals surface area contributed by atoms with E-state index in [9.17, 15) is 9.36 Å². The average Bonchev–Trinajstić information content (AvgIpc) is 2.48. The van der Waals surface area contributed by atoms with Crippen molar-refractivity contribution in [1.29, 1.82) is 0 Å². The summed E-state index contributed by atoms with van der Waals surface area (Å²) in [7, 11) is -3.18. The van der Waals surface area contributed by atoms with Crippen LogP contribution < -0.4 is 0 Å². The molecule has 0 atom stereocenters. The Morgan fingerprint density at radius 2 is 1.52 bits per heavy atom. The molecule has 0 heterocycles. The third-order valence-electron chi connectivity index (χ3n) is 2.85. The fraction of sp³-hybridized carbons (Fsp3) is 0.800. The third kappa shape index (κ3) is 11.7. The molecule has 0 aliphatic carbocycles. The number of esters is 1. The zero-order valence-corrected chi connectivity index (χ0v) is 14.2. The maximum absolute atomic E-state index is 12.5. The highest BCUT2D eigenvalue weighted by Crippen LogP contribution is 2.48. The first-order valence-corrected chi connectivity index (χ1v) is 9.48. The molecule has 0 spiro atoms. The molecule has 0 unspecified atom stereocenters. The van der Waals surface area contributed by atoms with Crippen LogP contribution >= 0.6 is 7.60 Å². The van der Waals surface area contributed by atoms with Crippen LogP contribution in [-0.2, 0) is 23.1 Å². The Balaban J connectivity index is 4.19. The van der Waals surface area contributed by atoms with Gasteiger partial charge in [-0.05, 0) is 12.8 Å². The van der Waals surface area contributed by atoms with Gasteiger partial charge in [-0.3, -0.25) is 4.57 Å². The van der Waals surface area contributed by atoms with Crippen molar-refractivity contribution in [2.24, 2.45) is 0 Å². The highest BCUT2D eigenvalue weighted by atomic mass is 31.2. The molecule has 21 heavy (non-hydrogen) atoms. The molecule has 0 aliphatic heterocycles. The molecule has 0 N–H and O–H groups in total. The van der Waals surface area contributed by atoms with E-state index in [4.69, 9.17) is 13.8 Å². The Morgan fingerprint density at radius 1 is 1.00 bits per heavy atom. The second-order valence-corrected chi connectivity index (χ2v) is 6.97. The molecule has 124 valence electrons. The lowest BCUT2D eigenvalue weighted by molar-refractivity contribution is -0.137. The van der Waals surface area contributed by atoms with Gasteiger partial charge in [0.25, 0.3) is 0 Å². The lowest BCUT2D eigenvalue weighted by atomic mass is 10.3. The molecule has 0 rings (SSSR count). The van der Waals surface area contributed by atoms with Gasteiger partial charge >= 0.3 is 13.6 Å². The number of hydrogen-bond acceptors (Lipinski definition) is 5. The molecule has 5 nitrogen and oxygen atoms in total. The van der Waals surface area contributed by atoms with Crippen molar-refractivity contribution in [1.82, 2.24) is 0 Å². The van der Waals surface area contributed by atoms with Gasteiger partial charge in [-0.1, -0.05) is 46.1 Å². The van der Waals surface area contributed by atoms with Gasteiger partial charge in [0, 0.05) is 6.08 Å². The maximum Gasteiger partial charge on any atom is 0.334 e. The Labute approximate surface area is 128 Å². The number of rotatable bonds is 14. The lowest BCUT2D eigenvalue weighted by Gasteiger charge is -2.18. The molecule has 0 saturated heterocycles. The molecule has 0 aromatic rings. The van der Waals surface area contributed by atoms with Crippen LogP contribution in [0.1, 0.15) is 52.4 Å². The smallest absolute Gasteiger partial charge is 0.334 e. The van der Waals surface area contributed by atoms with Crippen molar-refractivity contribution in [3.63, 3.8) is 0 Å². The molecule has 0 aliphatic rings. The molecule has 0 saturated carbocycles. The van der Waals surface area contributed by atoms with E-state index < -0.39 is 13.6 Å². The van der Waals surface area contributed by atoms with E-state index in [-0.39, 0.29) is 12.8 Å². The molecule has 0 bridgehead atoms. The van der Waals surface area contributed by atoms with Crippen LogP contribution in [0.5, 0.6) is 0 Å². The predicted molar refractivity (Wildman–Crippen MR) is 84.6 cm³/mol. The van der Waals surface area contributed by atoms with Gasteiger partial charge < -0.3 is 13.8 Å². The molecular formula is C15H29O5P. The normalized spacial score (nSPS) is 11.3. The van der Waals surface area contributed by atoms with E-state index in [0.29, 0.717) is 13.2 Å². The van der Waals surface area contributed by atoms with Crippen LogP contribution in [0, 0.1) is 0 Å². The van der Waals surface area contributed by atoms with Gasteiger partial charge in [-0.15, -0.1) is 0 Å². The summed E-state index contributed by atoms with van der Waals surface area (Å²) in [4.78, 5) is 11.0. The summed E-state index contributed by atoms with van der Waals surface area (Å²) in [5.74, 6) is -0.529. The summed E-state index contributed by atoms with van der Waals surface area (Å²) >= 11 is 0. The number of carbonyl (C=O) groups is 1. The second kappa shape index (κ2) is 13.1. The highest BCUT2D eigenvalue weighted by Gasteiger charge is 2.24. The molecule has 0 aromatic heterocycles. The van der Waals surface area contributed by atoms with Gasteiger partial charge in [-0.2, -0.15) is 0 Å². The topological polar surface area (TPSA) is 61.8 Å². The van der Waals surface area contributed by atoms with Crippen LogP contribution in [0.3, 0.4) is 0 Å². The zero-order valence-electron chi connectivity index (χ0n) is 13.3. The average molecular weight is 320 g/mol. The number of carbonyl (C=O) groups excluding carboxylic acids is 1. The van der Waals surface area contributed by atoms with E-state index in [1.165, 1.54) is 0 Å². The molecule has 0 aromatic carbocycles. The Hall–Kier alpha value is -0.640. The number of hydrogen-bond donors (Lipinski definition) is 0. The lowest BCUT2D eigenvalue weighted by Crippen LogP contribution is -2.10. The van der Waals surface area contributed by atoms with Crippen molar-refractivity contribution in [2.75, 3.05) is 26.0 Å². The maximum atomic E-state index is 12.5. The highest BCUT2D eigenvalue weighted by molar-refractivity contribution is 7.53. The zero-order chi connectivity index (χ0) is 16.0. The van der Waals surface area contributed by atoms with E-state index in [0.717, 1.165) is 44.6 Å². The standard InChI is InChI=1S/C15H29O5P/c1-4-7-9-11-19-21(17,20-12-10-8-5-2)14-13-18-15(16)6-3/h6H,3-5,7-14H2,1-2H3. The fourth-order valence-corrected chi connectivity index (χ4v) is 3.06. The van der Waals surface area contributed by atoms with E-state index >= 15 is 0 Å². The fourth-order valence-electron chi connectivity index (χ4n) is 1.59. The van der Waals surface area contributed by atoms with Gasteiger partial charge in [0.1, 0.15) is 6.61 Å². The molecule has 0 fully saturated rings. The van der Waals surface area contributed by atoms with Gasteiger partial charge in [-0.25, -0.2) is 4.79 Å².